The number of carbonyl (C=O) groups excluding carboxylic acids is 2. The van der Waals surface area contributed by atoms with E-state index in [1.165, 1.54) is 0 Å². The highest BCUT2D eigenvalue weighted by Crippen LogP contribution is 2.01. The highest BCUT2D eigenvalue weighted by atomic mass is 16.5. The summed E-state index contributed by atoms with van der Waals surface area (Å²) in [6.45, 7) is 6.71. The maximum atomic E-state index is 11.3. The van der Waals surface area contributed by atoms with E-state index in [0.29, 0.717) is 19.6 Å². The number of rotatable bonds is 9. The molecule has 0 aromatic carbocycles. The van der Waals surface area contributed by atoms with Crippen molar-refractivity contribution >= 4 is 11.9 Å². The smallest absolute Gasteiger partial charge is 0.306 e. The Balaban J connectivity index is 3.50. The molecule has 0 N–H and O–H groups in total. The lowest BCUT2D eigenvalue weighted by molar-refractivity contribution is -0.145. The third-order valence-electron chi connectivity index (χ3n) is 2.26. The summed E-state index contributed by atoms with van der Waals surface area (Å²) in [6.07, 6.45) is 4.76. The van der Waals surface area contributed by atoms with Crippen molar-refractivity contribution in [1.82, 2.24) is 0 Å². The molecule has 0 saturated carbocycles. The van der Waals surface area contributed by atoms with E-state index >= 15 is 0 Å². The number of carbonyl (C=O) groups is 2. The van der Waals surface area contributed by atoms with Crippen LogP contribution in [0.2, 0.25) is 0 Å². The molecule has 4 nitrogen and oxygen atoms in total. The summed E-state index contributed by atoms with van der Waals surface area (Å²) in [6, 6.07) is 0. The van der Waals surface area contributed by atoms with Crippen LogP contribution in [0.15, 0.2) is 11.6 Å². The van der Waals surface area contributed by atoms with Crippen molar-refractivity contribution in [3.63, 3.8) is 0 Å². The summed E-state index contributed by atoms with van der Waals surface area (Å²) in [4.78, 5) is 22.5. The zero-order valence-electron chi connectivity index (χ0n) is 11.7. The average molecular weight is 256 g/mol. The van der Waals surface area contributed by atoms with Crippen molar-refractivity contribution in [2.75, 3.05) is 13.2 Å². The number of ether oxygens (including phenoxy) is 2. The fourth-order valence-electron chi connectivity index (χ4n) is 1.15. The third kappa shape index (κ3) is 11.2. The van der Waals surface area contributed by atoms with Crippen LogP contribution >= 0.6 is 0 Å². The number of esters is 2. The van der Waals surface area contributed by atoms with Crippen LogP contribution in [0, 0.1) is 0 Å². The predicted octanol–water partition coefficient (Wildman–Crippen LogP) is 3.01. The quantitative estimate of drug-likeness (QED) is 0.361. The molecule has 4 heteroatoms. The molecule has 0 heterocycles. The van der Waals surface area contributed by atoms with Crippen molar-refractivity contribution in [3.8, 4) is 0 Å². The summed E-state index contributed by atoms with van der Waals surface area (Å²) < 4.78 is 9.94. The Labute approximate surface area is 109 Å². The van der Waals surface area contributed by atoms with Crippen LogP contribution in [0.1, 0.15) is 52.9 Å². The Morgan fingerprint density at radius 2 is 1.61 bits per heavy atom. The molecule has 0 aliphatic rings. The van der Waals surface area contributed by atoms with Gasteiger partial charge in [0.15, 0.2) is 0 Å². The van der Waals surface area contributed by atoms with Gasteiger partial charge in [0.05, 0.1) is 6.61 Å². The fraction of sp³-hybridized carbons (Fsp3) is 0.714. The zero-order chi connectivity index (χ0) is 13.8. The molecular formula is C14H24O4. The first-order chi connectivity index (χ1) is 8.56. The Morgan fingerprint density at radius 1 is 1.00 bits per heavy atom. The topological polar surface area (TPSA) is 52.6 Å². The van der Waals surface area contributed by atoms with Gasteiger partial charge in [0.25, 0.3) is 0 Å². The van der Waals surface area contributed by atoms with Gasteiger partial charge < -0.3 is 9.47 Å². The summed E-state index contributed by atoms with van der Waals surface area (Å²) in [5.41, 5.74) is 1.11. The van der Waals surface area contributed by atoms with E-state index in [1.54, 1.807) is 0 Å². The summed E-state index contributed by atoms with van der Waals surface area (Å²) >= 11 is 0. The van der Waals surface area contributed by atoms with E-state index in [0.717, 1.165) is 18.4 Å². The highest BCUT2D eigenvalue weighted by molar-refractivity contribution is 5.72. The molecule has 0 unspecified atom stereocenters. The van der Waals surface area contributed by atoms with E-state index in [9.17, 15) is 9.59 Å². The molecule has 0 saturated heterocycles. The molecule has 0 fully saturated rings. The maximum Gasteiger partial charge on any atom is 0.306 e. The second-order valence-corrected chi connectivity index (χ2v) is 4.39. The van der Waals surface area contributed by atoms with E-state index in [2.05, 4.69) is 0 Å². The van der Waals surface area contributed by atoms with Gasteiger partial charge in [0, 0.05) is 12.8 Å². The van der Waals surface area contributed by atoms with Crippen molar-refractivity contribution < 1.29 is 19.1 Å². The van der Waals surface area contributed by atoms with Gasteiger partial charge in [-0.15, -0.1) is 0 Å². The van der Waals surface area contributed by atoms with Gasteiger partial charge in [-0.1, -0.05) is 18.9 Å². The van der Waals surface area contributed by atoms with Gasteiger partial charge in [-0.2, -0.15) is 0 Å². The minimum Gasteiger partial charge on any atom is -0.466 e. The van der Waals surface area contributed by atoms with Crippen molar-refractivity contribution in [3.05, 3.63) is 11.6 Å². The molecule has 0 aromatic heterocycles. The van der Waals surface area contributed by atoms with E-state index < -0.39 is 0 Å². The van der Waals surface area contributed by atoms with Crippen LogP contribution in [0.4, 0.5) is 0 Å². The minimum atomic E-state index is -0.270. The number of hydrogen-bond donors (Lipinski definition) is 0. The normalized spacial score (nSPS) is 9.72. The molecule has 104 valence electrons. The Bertz CT molecular complexity index is 278. The van der Waals surface area contributed by atoms with Crippen molar-refractivity contribution in [2.24, 2.45) is 0 Å². The summed E-state index contributed by atoms with van der Waals surface area (Å²) in [5, 5.41) is 0. The summed E-state index contributed by atoms with van der Waals surface area (Å²) in [7, 11) is 0. The average Bonchev–Trinajstić information content (AvgIpc) is 2.29. The number of unbranched alkanes of at least 4 members (excludes halogenated alkanes) is 1. The molecule has 0 amide bonds. The molecule has 0 rings (SSSR count). The standard InChI is InChI=1S/C14H24O4/c1-4-5-10-17-13(15)7-6-8-14(16)18-11-9-12(2)3/h9H,4-8,10-11H2,1-3H3. The first kappa shape index (κ1) is 16.7. The lowest BCUT2D eigenvalue weighted by Gasteiger charge is -2.04. The van der Waals surface area contributed by atoms with Gasteiger partial charge in [-0.25, -0.2) is 0 Å². The monoisotopic (exact) mass is 256 g/mol. The second kappa shape index (κ2) is 10.8. The first-order valence-corrected chi connectivity index (χ1v) is 6.50. The third-order valence-corrected chi connectivity index (χ3v) is 2.26. The van der Waals surface area contributed by atoms with Crippen LogP contribution in [-0.2, 0) is 19.1 Å². The number of allylic oxidation sites excluding steroid dienone is 1. The highest BCUT2D eigenvalue weighted by Gasteiger charge is 2.06. The van der Waals surface area contributed by atoms with Gasteiger partial charge in [-0.05, 0) is 32.8 Å². The van der Waals surface area contributed by atoms with E-state index in [4.69, 9.17) is 9.47 Å². The van der Waals surface area contributed by atoms with Crippen LogP contribution in [0.3, 0.4) is 0 Å². The van der Waals surface area contributed by atoms with Crippen molar-refractivity contribution in [1.29, 1.82) is 0 Å². The lowest BCUT2D eigenvalue weighted by Crippen LogP contribution is -2.08. The molecule has 0 aliphatic carbocycles. The fourth-order valence-corrected chi connectivity index (χ4v) is 1.15. The lowest BCUT2D eigenvalue weighted by atomic mass is 10.2. The molecule has 0 aromatic rings. The first-order valence-electron chi connectivity index (χ1n) is 6.50. The largest absolute Gasteiger partial charge is 0.466 e. The van der Waals surface area contributed by atoms with Crippen LogP contribution in [0.25, 0.3) is 0 Å². The van der Waals surface area contributed by atoms with Gasteiger partial charge in [-0.3, -0.25) is 9.59 Å². The van der Waals surface area contributed by atoms with E-state index in [1.807, 2.05) is 26.8 Å². The van der Waals surface area contributed by atoms with Gasteiger partial charge >= 0.3 is 11.9 Å². The van der Waals surface area contributed by atoms with Gasteiger partial charge in [0.1, 0.15) is 6.61 Å². The molecule has 0 atom stereocenters. The maximum absolute atomic E-state index is 11.3. The van der Waals surface area contributed by atoms with E-state index in [-0.39, 0.29) is 24.8 Å². The number of hydrogen-bond acceptors (Lipinski definition) is 4. The molecule has 0 bridgehead atoms. The predicted molar refractivity (Wildman–Crippen MR) is 70.1 cm³/mol. The molecule has 0 radical (unpaired) electrons. The molecular weight excluding hydrogens is 232 g/mol. The zero-order valence-corrected chi connectivity index (χ0v) is 11.7. The van der Waals surface area contributed by atoms with Crippen LogP contribution in [-0.4, -0.2) is 25.2 Å². The second-order valence-electron chi connectivity index (χ2n) is 4.39. The SMILES string of the molecule is CCCCOC(=O)CCCC(=O)OCC=C(C)C. The van der Waals surface area contributed by atoms with Crippen LogP contribution < -0.4 is 0 Å². The summed E-state index contributed by atoms with van der Waals surface area (Å²) in [5.74, 6) is -0.505. The molecule has 0 aliphatic heterocycles. The Hall–Kier alpha value is -1.32. The molecule has 0 spiro atoms. The Morgan fingerprint density at radius 3 is 2.17 bits per heavy atom. The molecule has 18 heavy (non-hydrogen) atoms. The van der Waals surface area contributed by atoms with Crippen molar-refractivity contribution in [2.45, 2.75) is 52.9 Å². The van der Waals surface area contributed by atoms with Gasteiger partial charge in [0.2, 0.25) is 0 Å². The minimum absolute atomic E-state index is 0.236. The van der Waals surface area contributed by atoms with Crippen LogP contribution in [0.5, 0.6) is 0 Å². The Kier molecular flexibility index (Phi) is 10.0.